The molecular weight excluding hydrogens is 368 g/mol. The van der Waals surface area contributed by atoms with Crippen LogP contribution in [0.4, 0.5) is 5.95 Å². The van der Waals surface area contributed by atoms with Crippen molar-refractivity contribution in [1.29, 1.82) is 0 Å². The number of hydrogen-bond acceptors (Lipinski definition) is 4. The Balaban J connectivity index is 1.75. The summed E-state index contributed by atoms with van der Waals surface area (Å²) in [5.41, 5.74) is 8.63. The summed E-state index contributed by atoms with van der Waals surface area (Å²) in [5.74, 6) is 1.12. The molecule has 0 atom stereocenters. The highest BCUT2D eigenvalue weighted by molar-refractivity contribution is 9.10. The lowest BCUT2D eigenvalue weighted by Crippen LogP contribution is -1.98. The van der Waals surface area contributed by atoms with Gasteiger partial charge in [0, 0.05) is 0 Å². The minimum atomic E-state index is 0.362. The van der Waals surface area contributed by atoms with Gasteiger partial charge in [0.2, 0.25) is 5.95 Å². The summed E-state index contributed by atoms with van der Waals surface area (Å²) in [6.45, 7) is 2.38. The van der Waals surface area contributed by atoms with E-state index < -0.39 is 0 Å². The van der Waals surface area contributed by atoms with Crippen LogP contribution in [-0.4, -0.2) is 15.9 Å². The van der Waals surface area contributed by atoms with Crippen molar-refractivity contribution in [3.8, 4) is 5.75 Å². The van der Waals surface area contributed by atoms with Gasteiger partial charge >= 0.3 is 0 Å². The summed E-state index contributed by atoms with van der Waals surface area (Å²) < 4.78 is 8.33. The number of halogens is 1. The quantitative estimate of drug-likeness (QED) is 0.676. The Morgan fingerprint density at radius 2 is 2.04 bits per heavy atom. The first-order chi connectivity index (χ1) is 11.6. The number of hydrogen-bond donors (Lipinski definition) is 1. The van der Waals surface area contributed by atoms with Crippen molar-refractivity contribution in [2.24, 2.45) is 5.10 Å². The van der Waals surface area contributed by atoms with Crippen molar-refractivity contribution in [2.45, 2.75) is 13.5 Å². The van der Waals surface area contributed by atoms with E-state index in [4.69, 9.17) is 10.5 Å². The van der Waals surface area contributed by atoms with Gasteiger partial charge in [-0.1, -0.05) is 36.4 Å². The third-order valence-corrected chi connectivity index (χ3v) is 4.01. The third kappa shape index (κ3) is 4.02. The Morgan fingerprint density at radius 1 is 1.25 bits per heavy atom. The summed E-state index contributed by atoms with van der Waals surface area (Å²) in [7, 11) is 0. The van der Waals surface area contributed by atoms with Gasteiger partial charge in [0.15, 0.2) is 0 Å². The van der Waals surface area contributed by atoms with Crippen LogP contribution in [0.2, 0.25) is 0 Å². The average molecular weight is 385 g/mol. The van der Waals surface area contributed by atoms with Crippen LogP contribution in [0.5, 0.6) is 5.75 Å². The van der Waals surface area contributed by atoms with Crippen LogP contribution in [0, 0.1) is 6.92 Å². The van der Waals surface area contributed by atoms with Gasteiger partial charge in [-0.05, 0) is 46.1 Å². The standard InChI is InChI=1S/C18H17BrN4O/c1-13-11-23(18(20)22-13)21-10-15-7-8-16(19)17(9-15)24-12-14-5-3-2-4-6-14/h2-11H,12H2,1H3,(H2,20,22). The van der Waals surface area contributed by atoms with E-state index in [1.54, 1.807) is 17.1 Å². The van der Waals surface area contributed by atoms with Gasteiger partial charge in [0.25, 0.3) is 0 Å². The van der Waals surface area contributed by atoms with Crippen LogP contribution in [0.15, 0.2) is 64.3 Å². The maximum atomic E-state index is 5.89. The Morgan fingerprint density at radius 3 is 2.75 bits per heavy atom. The number of rotatable bonds is 5. The first-order valence-corrected chi connectivity index (χ1v) is 8.23. The molecule has 3 aromatic rings. The molecule has 0 aliphatic carbocycles. The topological polar surface area (TPSA) is 65.4 Å². The number of imidazole rings is 1. The van der Waals surface area contributed by atoms with Gasteiger partial charge in [-0.2, -0.15) is 5.10 Å². The van der Waals surface area contributed by atoms with E-state index in [2.05, 4.69) is 26.0 Å². The number of aryl methyl sites for hydroxylation is 1. The largest absolute Gasteiger partial charge is 0.488 e. The Kier molecular flexibility index (Phi) is 4.96. The molecule has 0 radical (unpaired) electrons. The fraction of sp³-hybridized carbons (Fsp3) is 0.111. The number of benzene rings is 2. The van der Waals surface area contributed by atoms with E-state index in [1.807, 2.05) is 55.5 Å². The van der Waals surface area contributed by atoms with E-state index in [-0.39, 0.29) is 0 Å². The van der Waals surface area contributed by atoms with Crippen LogP contribution >= 0.6 is 15.9 Å². The maximum absolute atomic E-state index is 5.89. The second-order valence-electron chi connectivity index (χ2n) is 5.29. The average Bonchev–Trinajstić information content (AvgIpc) is 2.91. The lowest BCUT2D eigenvalue weighted by atomic mass is 10.2. The number of nitrogens with zero attached hydrogens (tertiary/aromatic N) is 3. The van der Waals surface area contributed by atoms with Crippen molar-refractivity contribution >= 4 is 28.1 Å². The lowest BCUT2D eigenvalue weighted by molar-refractivity contribution is 0.304. The number of ether oxygens (including phenoxy) is 1. The van der Waals surface area contributed by atoms with Crippen molar-refractivity contribution < 1.29 is 4.74 Å². The molecule has 2 aromatic carbocycles. The molecule has 3 rings (SSSR count). The fourth-order valence-electron chi connectivity index (χ4n) is 2.17. The first-order valence-electron chi connectivity index (χ1n) is 7.44. The number of anilines is 1. The Hall–Kier alpha value is -2.60. The minimum Gasteiger partial charge on any atom is -0.488 e. The molecule has 0 fully saturated rings. The van der Waals surface area contributed by atoms with E-state index in [9.17, 15) is 0 Å². The Labute approximate surface area is 148 Å². The van der Waals surface area contributed by atoms with Crippen LogP contribution in [0.1, 0.15) is 16.8 Å². The second kappa shape index (κ2) is 7.31. The highest BCUT2D eigenvalue weighted by Crippen LogP contribution is 2.26. The van der Waals surface area contributed by atoms with Gasteiger partial charge in [-0.25, -0.2) is 9.66 Å². The van der Waals surface area contributed by atoms with E-state index in [1.165, 1.54) is 0 Å². The van der Waals surface area contributed by atoms with Gasteiger partial charge in [0.1, 0.15) is 12.4 Å². The van der Waals surface area contributed by atoms with Crippen LogP contribution < -0.4 is 10.5 Å². The molecule has 1 aromatic heterocycles. The van der Waals surface area contributed by atoms with Crippen molar-refractivity contribution in [3.63, 3.8) is 0 Å². The molecule has 0 unspecified atom stereocenters. The molecule has 0 bridgehead atoms. The first kappa shape index (κ1) is 16.3. The summed E-state index contributed by atoms with van der Waals surface area (Å²) in [4.78, 5) is 4.11. The van der Waals surface area contributed by atoms with Gasteiger partial charge in [-0.3, -0.25) is 0 Å². The van der Waals surface area contributed by atoms with Gasteiger partial charge in [-0.15, -0.1) is 0 Å². The second-order valence-corrected chi connectivity index (χ2v) is 6.15. The molecule has 0 amide bonds. The predicted molar refractivity (Wildman–Crippen MR) is 99.3 cm³/mol. The molecule has 6 heteroatoms. The van der Waals surface area contributed by atoms with Crippen LogP contribution in [0.25, 0.3) is 0 Å². The minimum absolute atomic E-state index is 0.362. The zero-order valence-electron chi connectivity index (χ0n) is 13.2. The smallest absolute Gasteiger partial charge is 0.221 e. The molecule has 2 N–H and O–H groups in total. The van der Waals surface area contributed by atoms with E-state index >= 15 is 0 Å². The van der Waals surface area contributed by atoms with Gasteiger partial charge < -0.3 is 10.5 Å². The molecule has 24 heavy (non-hydrogen) atoms. The molecule has 0 saturated heterocycles. The molecule has 0 saturated carbocycles. The zero-order chi connectivity index (χ0) is 16.9. The third-order valence-electron chi connectivity index (χ3n) is 3.36. The summed E-state index contributed by atoms with van der Waals surface area (Å²) in [6, 6.07) is 15.8. The lowest BCUT2D eigenvalue weighted by Gasteiger charge is -2.09. The summed E-state index contributed by atoms with van der Waals surface area (Å²) >= 11 is 3.51. The molecular formula is C18H17BrN4O. The van der Waals surface area contributed by atoms with E-state index in [0.29, 0.717) is 12.6 Å². The van der Waals surface area contributed by atoms with Crippen LogP contribution in [-0.2, 0) is 6.61 Å². The number of nitrogen functional groups attached to an aromatic ring is 1. The molecule has 0 aliphatic heterocycles. The number of nitrogens with two attached hydrogens (primary N) is 1. The molecule has 0 spiro atoms. The number of aromatic nitrogens is 2. The SMILES string of the molecule is Cc1cn(N=Cc2ccc(Br)c(OCc3ccccc3)c2)c(N)n1. The van der Waals surface area contributed by atoms with E-state index in [0.717, 1.165) is 27.0 Å². The van der Waals surface area contributed by atoms with Crippen molar-refractivity contribution in [1.82, 2.24) is 9.66 Å². The molecule has 1 heterocycles. The predicted octanol–water partition coefficient (Wildman–Crippen LogP) is 4.00. The maximum Gasteiger partial charge on any atom is 0.221 e. The van der Waals surface area contributed by atoms with Crippen LogP contribution in [0.3, 0.4) is 0 Å². The zero-order valence-corrected chi connectivity index (χ0v) is 14.8. The molecule has 0 aliphatic rings. The highest BCUT2D eigenvalue weighted by atomic mass is 79.9. The van der Waals surface area contributed by atoms with Crippen molar-refractivity contribution in [3.05, 3.63) is 76.0 Å². The molecule has 5 nitrogen and oxygen atoms in total. The fourth-order valence-corrected chi connectivity index (χ4v) is 2.53. The Bertz CT molecular complexity index is 859. The summed E-state index contributed by atoms with van der Waals surface area (Å²) in [6.07, 6.45) is 3.50. The van der Waals surface area contributed by atoms with Gasteiger partial charge in [0.05, 0.1) is 22.6 Å². The monoisotopic (exact) mass is 384 g/mol. The van der Waals surface area contributed by atoms with Crippen molar-refractivity contribution in [2.75, 3.05) is 5.73 Å². The normalized spacial score (nSPS) is 11.1. The molecule has 122 valence electrons. The summed E-state index contributed by atoms with van der Waals surface area (Å²) in [5, 5.41) is 4.32. The highest BCUT2D eigenvalue weighted by Gasteiger charge is 2.04.